The molecule has 0 saturated carbocycles. The first-order chi connectivity index (χ1) is 2.83. The van der Waals surface area contributed by atoms with E-state index in [0.717, 1.165) is 0 Å². The molecular formula is C6H18N2. The highest BCUT2D eigenvalue weighted by atomic mass is 14.6. The van der Waals surface area contributed by atoms with Crippen LogP contribution in [0.5, 0.6) is 0 Å². The zero-order valence-electron chi connectivity index (χ0n) is 4.31. The lowest BCUT2D eigenvalue weighted by Crippen LogP contribution is -1.26. The summed E-state index contributed by atoms with van der Waals surface area (Å²) in [5.41, 5.74) is 0. The van der Waals surface area contributed by atoms with Crippen molar-refractivity contribution in [1.29, 1.82) is 0 Å². The van der Waals surface area contributed by atoms with Gasteiger partial charge in [0.25, 0.3) is 0 Å². The minimum Gasteiger partial charge on any atom is -0.304 e. The molecule has 0 aliphatic heterocycles. The quantitative estimate of drug-likeness (QED) is 0.434. The largest absolute Gasteiger partial charge is 0.304 e. The third-order valence-electron chi connectivity index (χ3n) is 0. The summed E-state index contributed by atoms with van der Waals surface area (Å²) in [6.45, 7) is 6.22. The molecule has 0 atom stereocenters. The van der Waals surface area contributed by atoms with Crippen molar-refractivity contribution < 1.29 is 0 Å². The van der Waals surface area contributed by atoms with Crippen molar-refractivity contribution in [1.82, 2.24) is 0 Å². The lowest BCUT2D eigenvalue weighted by Gasteiger charge is -1.38. The van der Waals surface area contributed by atoms with Gasteiger partial charge >= 0.3 is 0 Å². The van der Waals surface area contributed by atoms with E-state index in [1.165, 1.54) is 0 Å². The molecule has 0 aliphatic rings. The fourth-order valence-corrected chi connectivity index (χ4v) is 0. The van der Waals surface area contributed by atoms with Gasteiger partial charge in [-0.2, -0.15) is 0 Å². The van der Waals surface area contributed by atoms with Crippen molar-refractivity contribution in [3.05, 3.63) is 0 Å². The van der Waals surface area contributed by atoms with Gasteiger partial charge in [0.05, 0.1) is 0 Å². The van der Waals surface area contributed by atoms with Gasteiger partial charge in [-0.25, -0.2) is 0 Å². The second-order valence-corrected chi connectivity index (χ2v) is 0.632. The van der Waals surface area contributed by atoms with Crippen molar-refractivity contribution in [2.45, 2.75) is 14.9 Å². The highest BCUT2D eigenvalue weighted by molar-refractivity contribution is 5.22. The predicted molar refractivity (Wildman–Crippen MR) is 44.4 cm³/mol. The summed E-state index contributed by atoms with van der Waals surface area (Å²) in [7, 11) is 3.28. The van der Waals surface area contributed by atoms with Crippen molar-refractivity contribution >= 4 is 13.4 Å². The molecule has 0 bridgehead atoms. The van der Waals surface area contributed by atoms with Crippen molar-refractivity contribution in [2.75, 3.05) is 14.1 Å². The Hall–Kier alpha value is -0.660. The van der Waals surface area contributed by atoms with Gasteiger partial charge in [-0.1, -0.05) is 14.9 Å². The first-order valence-electron chi connectivity index (χ1n) is 1.53. The molecular weight excluding hydrogens is 100 g/mol. The second kappa shape index (κ2) is 101. The van der Waals surface area contributed by atoms with E-state index in [2.05, 4.69) is 23.4 Å². The number of rotatable bonds is 0. The van der Waals surface area contributed by atoms with Gasteiger partial charge in [-0.3, -0.25) is 0 Å². The fourth-order valence-electron chi connectivity index (χ4n) is 0. The van der Waals surface area contributed by atoms with Gasteiger partial charge in [0, 0.05) is 14.1 Å². The summed E-state index contributed by atoms with van der Waals surface area (Å²) in [6, 6.07) is 0. The van der Waals surface area contributed by atoms with E-state index in [9.17, 15) is 0 Å². The van der Waals surface area contributed by atoms with Gasteiger partial charge in [0.15, 0.2) is 0 Å². The van der Waals surface area contributed by atoms with E-state index < -0.39 is 0 Å². The number of hydrogen-bond donors (Lipinski definition) is 0. The Bertz CT molecular complexity index is 27.5. The Morgan fingerprint density at radius 2 is 0.875 bits per heavy atom. The lowest BCUT2D eigenvalue weighted by molar-refractivity contribution is 1.49. The maximum Gasteiger partial charge on any atom is 0.0269 e. The van der Waals surface area contributed by atoms with Gasteiger partial charge in [0.2, 0.25) is 0 Å². The molecule has 2 nitrogen and oxygen atoms in total. The summed E-state index contributed by atoms with van der Waals surface area (Å²) in [5.74, 6) is 0. The molecule has 0 saturated heterocycles. The predicted octanol–water partition coefficient (Wildman–Crippen LogP) is 1.91. The number of nitrogens with zero attached hydrogens (tertiary/aromatic N) is 2. The average Bonchev–Trinajstić information content (AvgIpc) is 1.39. The Balaban J connectivity index is -0.0000000160. The van der Waals surface area contributed by atoms with Crippen LogP contribution >= 0.6 is 0 Å². The lowest BCUT2D eigenvalue weighted by atomic mass is 11.4. The average molecular weight is 118 g/mol. The van der Waals surface area contributed by atoms with E-state index in [-0.39, 0.29) is 14.9 Å². The summed E-state index contributed by atoms with van der Waals surface area (Å²) >= 11 is 0. The van der Waals surface area contributed by atoms with E-state index >= 15 is 0 Å². The number of aliphatic imine (C=N–C) groups is 2. The molecule has 0 aromatic heterocycles. The smallest absolute Gasteiger partial charge is 0.0269 e. The van der Waals surface area contributed by atoms with Crippen LogP contribution in [0.2, 0.25) is 0 Å². The van der Waals surface area contributed by atoms with Crippen molar-refractivity contribution in [3.63, 3.8) is 0 Å². The molecule has 0 fully saturated rings. The highest BCUT2D eigenvalue weighted by Gasteiger charge is 1.09. The van der Waals surface area contributed by atoms with Gasteiger partial charge in [-0.05, 0) is 13.4 Å². The molecule has 52 valence electrons. The van der Waals surface area contributed by atoms with E-state index in [4.69, 9.17) is 0 Å². The Kier molecular flexibility index (Phi) is 333. The molecule has 8 heavy (non-hydrogen) atoms. The van der Waals surface area contributed by atoms with E-state index in [1.54, 1.807) is 14.1 Å². The van der Waals surface area contributed by atoms with Crippen LogP contribution < -0.4 is 0 Å². The van der Waals surface area contributed by atoms with Crippen molar-refractivity contribution in [2.24, 2.45) is 9.98 Å². The van der Waals surface area contributed by atoms with Crippen molar-refractivity contribution in [3.8, 4) is 0 Å². The normalized spacial score (nSPS) is 3.25. The molecule has 0 rings (SSSR count). The van der Waals surface area contributed by atoms with Crippen LogP contribution in [0.4, 0.5) is 0 Å². The van der Waals surface area contributed by atoms with Crippen LogP contribution in [0.1, 0.15) is 14.9 Å². The van der Waals surface area contributed by atoms with Crippen LogP contribution in [0, 0.1) is 0 Å². The molecule has 0 aromatic rings. The molecule has 0 unspecified atom stereocenters. The molecule has 0 spiro atoms. The SMILES string of the molecule is C.C.C=NC.C=NC. The molecule has 2 heteroatoms. The molecule has 0 radical (unpaired) electrons. The van der Waals surface area contributed by atoms with Crippen LogP contribution in [0.3, 0.4) is 0 Å². The second-order valence-electron chi connectivity index (χ2n) is 0.632. The maximum absolute atomic E-state index is 3.25. The van der Waals surface area contributed by atoms with E-state index in [0.29, 0.717) is 0 Å². The van der Waals surface area contributed by atoms with E-state index in [1.807, 2.05) is 0 Å². The van der Waals surface area contributed by atoms with Crippen LogP contribution in [-0.2, 0) is 0 Å². The molecule has 0 heterocycles. The van der Waals surface area contributed by atoms with Crippen LogP contribution in [-0.4, -0.2) is 27.5 Å². The Labute approximate surface area is 53.4 Å². The molecule has 0 N–H and O–H groups in total. The Morgan fingerprint density at radius 1 is 0.875 bits per heavy atom. The standard InChI is InChI=1S/2C2H5N.2CH4/c2*1-3-2;;/h2*1H2,2H3;2*1H4. The third kappa shape index (κ3) is 231. The topological polar surface area (TPSA) is 24.7 Å². The highest BCUT2D eigenvalue weighted by Crippen LogP contribution is 1.22. The van der Waals surface area contributed by atoms with Gasteiger partial charge < -0.3 is 9.98 Å². The first kappa shape index (κ1) is 26.4. The van der Waals surface area contributed by atoms with Gasteiger partial charge in [-0.15, -0.1) is 0 Å². The molecule has 0 aromatic carbocycles. The Morgan fingerprint density at radius 3 is 0.875 bits per heavy atom. The minimum absolute atomic E-state index is 0. The maximum atomic E-state index is 3.25. The number of hydrogen-bond acceptors (Lipinski definition) is 2. The zero-order valence-corrected chi connectivity index (χ0v) is 4.31. The minimum atomic E-state index is 0. The summed E-state index contributed by atoms with van der Waals surface area (Å²) in [4.78, 5) is 6.50. The van der Waals surface area contributed by atoms with Gasteiger partial charge in [0.1, 0.15) is 0 Å². The summed E-state index contributed by atoms with van der Waals surface area (Å²) < 4.78 is 0. The summed E-state index contributed by atoms with van der Waals surface area (Å²) in [5, 5.41) is 0. The first-order valence-corrected chi connectivity index (χ1v) is 1.53. The third-order valence-corrected chi connectivity index (χ3v) is 0. The van der Waals surface area contributed by atoms with Crippen LogP contribution in [0.25, 0.3) is 0 Å². The molecule has 0 amide bonds. The zero-order chi connectivity index (χ0) is 5.41. The molecule has 0 aliphatic carbocycles. The fraction of sp³-hybridized carbons (Fsp3) is 0.667. The van der Waals surface area contributed by atoms with Crippen LogP contribution in [0.15, 0.2) is 9.98 Å². The summed E-state index contributed by atoms with van der Waals surface area (Å²) in [6.07, 6.45) is 0. The monoisotopic (exact) mass is 118 g/mol.